The third-order valence-electron chi connectivity index (χ3n) is 5.31. The molecule has 2 heterocycles. The molecule has 0 atom stereocenters. The van der Waals surface area contributed by atoms with E-state index in [2.05, 4.69) is 34.6 Å². The number of aromatic nitrogens is 1. The lowest BCUT2D eigenvalue weighted by Crippen LogP contribution is -2.53. The Bertz CT molecular complexity index is 751. The van der Waals surface area contributed by atoms with Gasteiger partial charge in [0.05, 0.1) is 5.56 Å². The lowest BCUT2D eigenvalue weighted by atomic mass is 9.88. The summed E-state index contributed by atoms with van der Waals surface area (Å²) in [4.78, 5) is 19.0. The number of ether oxygens (including phenoxy) is 1. The molecule has 1 aliphatic heterocycles. The van der Waals surface area contributed by atoms with Crippen LogP contribution in [0.3, 0.4) is 0 Å². The monoisotopic (exact) mass is 368 g/mol. The number of anilines is 2. The van der Waals surface area contributed by atoms with E-state index in [4.69, 9.17) is 4.74 Å². The zero-order valence-corrected chi connectivity index (χ0v) is 16.3. The molecule has 1 aliphatic rings. The summed E-state index contributed by atoms with van der Waals surface area (Å²) in [6, 6.07) is 11.4. The molecule has 6 heteroatoms. The van der Waals surface area contributed by atoms with Gasteiger partial charge in [-0.05, 0) is 58.1 Å². The van der Waals surface area contributed by atoms with Crippen LogP contribution < -0.4 is 10.6 Å². The van der Waals surface area contributed by atoms with E-state index in [0.29, 0.717) is 5.56 Å². The largest absolute Gasteiger partial charge is 0.381 e. The maximum Gasteiger partial charge on any atom is 0.257 e. The summed E-state index contributed by atoms with van der Waals surface area (Å²) < 4.78 is 5.51. The second kappa shape index (κ2) is 8.50. The molecule has 0 aliphatic carbocycles. The van der Waals surface area contributed by atoms with E-state index in [1.807, 2.05) is 37.3 Å². The number of likely N-dealkylation sites (N-methyl/N-ethyl adjacent to an activating group) is 1. The fraction of sp³-hybridized carbons (Fsp3) is 0.429. The molecule has 27 heavy (non-hydrogen) atoms. The Balaban J connectivity index is 1.59. The van der Waals surface area contributed by atoms with Crippen LogP contribution in [0.5, 0.6) is 0 Å². The van der Waals surface area contributed by atoms with Gasteiger partial charge < -0.3 is 20.3 Å². The van der Waals surface area contributed by atoms with E-state index in [1.54, 1.807) is 12.3 Å². The van der Waals surface area contributed by atoms with Gasteiger partial charge in [-0.2, -0.15) is 0 Å². The minimum atomic E-state index is -0.160. The fourth-order valence-electron chi connectivity index (χ4n) is 3.26. The van der Waals surface area contributed by atoms with Crippen LogP contribution in [0.25, 0.3) is 0 Å². The van der Waals surface area contributed by atoms with Crippen molar-refractivity contribution in [2.45, 2.75) is 25.3 Å². The lowest BCUT2D eigenvalue weighted by molar-refractivity contribution is -0.000665. The van der Waals surface area contributed by atoms with E-state index in [0.717, 1.165) is 49.7 Å². The minimum absolute atomic E-state index is 0.0708. The van der Waals surface area contributed by atoms with Gasteiger partial charge in [-0.3, -0.25) is 4.79 Å². The smallest absolute Gasteiger partial charge is 0.257 e. The van der Waals surface area contributed by atoms with Gasteiger partial charge in [0.25, 0.3) is 5.91 Å². The molecule has 6 nitrogen and oxygen atoms in total. The molecule has 1 aromatic heterocycles. The summed E-state index contributed by atoms with van der Waals surface area (Å²) in [6.07, 6.45) is 3.59. The number of nitrogens with zero attached hydrogens (tertiary/aromatic N) is 2. The van der Waals surface area contributed by atoms with Crippen LogP contribution in [0.15, 0.2) is 42.6 Å². The number of aryl methyl sites for hydroxylation is 1. The van der Waals surface area contributed by atoms with E-state index in [-0.39, 0.29) is 11.4 Å². The number of carbonyl (C=O) groups excluding carboxylic acids is 1. The highest BCUT2D eigenvalue weighted by Crippen LogP contribution is 2.26. The summed E-state index contributed by atoms with van der Waals surface area (Å²) in [7, 11) is 4.22. The van der Waals surface area contributed by atoms with Crippen molar-refractivity contribution in [3.8, 4) is 0 Å². The van der Waals surface area contributed by atoms with Gasteiger partial charge in [-0.25, -0.2) is 4.98 Å². The van der Waals surface area contributed by atoms with Gasteiger partial charge in [0.15, 0.2) is 0 Å². The highest BCUT2D eigenvalue weighted by atomic mass is 16.5. The van der Waals surface area contributed by atoms with Crippen molar-refractivity contribution in [1.29, 1.82) is 0 Å². The van der Waals surface area contributed by atoms with Gasteiger partial charge in [0.1, 0.15) is 5.82 Å². The first-order valence-corrected chi connectivity index (χ1v) is 9.32. The maximum atomic E-state index is 12.4. The average molecular weight is 368 g/mol. The minimum Gasteiger partial charge on any atom is -0.381 e. The number of carbonyl (C=O) groups is 1. The van der Waals surface area contributed by atoms with E-state index in [1.165, 1.54) is 0 Å². The second-order valence-electron chi connectivity index (χ2n) is 7.34. The van der Waals surface area contributed by atoms with Crippen LogP contribution in [0, 0.1) is 6.92 Å². The molecule has 3 rings (SSSR count). The molecule has 0 saturated carbocycles. The zero-order valence-electron chi connectivity index (χ0n) is 16.3. The van der Waals surface area contributed by atoms with Crippen LogP contribution in [-0.2, 0) is 4.74 Å². The average Bonchev–Trinajstić information content (AvgIpc) is 2.69. The Morgan fingerprint density at radius 3 is 2.44 bits per heavy atom. The van der Waals surface area contributed by atoms with E-state index in [9.17, 15) is 4.79 Å². The maximum absolute atomic E-state index is 12.4. The van der Waals surface area contributed by atoms with Crippen molar-refractivity contribution in [3.05, 3.63) is 53.7 Å². The number of rotatable bonds is 6. The van der Waals surface area contributed by atoms with Crippen molar-refractivity contribution >= 4 is 17.4 Å². The fourth-order valence-corrected chi connectivity index (χ4v) is 3.26. The highest BCUT2D eigenvalue weighted by Gasteiger charge is 2.34. The van der Waals surface area contributed by atoms with Crippen molar-refractivity contribution in [2.24, 2.45) is 0 Å². The first-order chi connectivity index (χ1) is 13.0. The SMILES string of the molecule is Cc1ccc(NC(=O)c2ccc(NCC3(N(C)C)CCOCC3)nc2)cc1. The molecule has 0 spiro atoms. The molecular formula is C21H28N4O2. The molecule has 2 aromatic rings. The Morgan fingerprint density at radius 1 is 1.15 bits per heavy atom. The predicted molar refractivity (Wildman–Crippen MR) is 108 cm³/mol. The third-order valence-corrected chi connectivity index (χ3v) is 5.31. The molecule has 144 valence electrons. The highest BCUT2D eigenvalue weighted by molar-refractivity contribution is 6.04. The Hall–Kier alpha value is -2.44. The van der Waals surface area contributed by atoms with Crippen molar-refractivity contribution in [2.75, 3.05) is 44.5 Å². The number of pyridine rings is 1. The molecular weight excluding hydrogens is 340 g/mol. The lowest BCUT2D eigenvalue weighted by Gasteiger charge is -2.43. The number of nitrogens with one attached hydrogen (secondary N) is 2. The van der Waals surface area contributed by atoms with Crippen LogP contribution in [0.4, 0.5) is 11.5 Å². The zero-order chi connectivity index (χ0) is 19.3. The summed E-state index contributed by atoms with van der Waals surface area (Å²) in [5.74, 6) is 0.613. The Labute approximate surface area is 160 Å². The second-order valence-corrected chi connectivity index (χ2v) is 7.34. The van der Waals surface area contributed by atoms with Gasteiger partial charge in [-0.15, -0.1) is 0 Å². The molecule has 1 amide bonds. The standard InChI is InChI=1S/C21H28N4O2/c1-16-4-7-18(8-5-16)24-20(26)17-6-9-19(22-14-17)23-15-21(25(2)3)10-12-27-13-11-21/h4-9,14H,10-13,15H2,1-3H3,(H,22,23)(H,24,26). The third kappa shape index (κ3) is 4.84. The molecule has 1 fully saturated rings. The van der Waals surface area contributed by atoms with Gasteiger partial charge in [0, 0.05) is 37.2 Å². The van der Waals surface area contributed by atoms with Crippen LogP contribution in [-0.4, -0.2) is 55.2 Å². The quantitative estimate of drug-likeness (QED) is 0.820. The molecule has 1 saturated heterocycles. The Morgan fingerprint density at radius 2 is 1.85 bits per heavy atom. The first kappa shape index (κ1) is 19.3. The van der Waals surface area contributed by atoms with E-state index < -0.39 is 0 Å². The molecule has 0 radical (unpaired) electrons. The topological polar surface area (TPSA) is 66.5 Å². The van der Waals surface area contributed by atoms with Crippen LogP contribution >= 0.6 is 0 Å². The molecule has 2 N–H and O–H groups in total. The first-order valence-electron chi connectivity index (χ1n) is 9.32. The molecule has 0 bridgehead atoms. The van der Waals surface area contributed by atoms with Crippen molar-refractivity contribution in [3.63, 3.8) is 0 Å². The number of benzene rings is 1. The molecule has 0 unspecified atom stereocenters. The van der Waals surface area contributed by atoms with Crippen LogP contribution in [0.2, 0.25) is 0 Å². The van der Waals surface area contributed by atoms with Gasteiger partial charge in [0.2, 0.25) is 0 Å². The van der Waals surface area contributed by atoms with Crippen molar-refractivity contribution < 1.29 is 9.53 Å². The van der Waals surface area contributed by atoms with Gasteiger partial charge >= 0.3 is 0 Å². The number of hydrogen-bond acceptors (Lipinski definition) is 5. The van der Waals surface area contributed by atoms with Crippen LogP contribution in [0.1, 0.15) is 28.8 Å². The van der Waals surface area contributed by atoms with Gasteiger partial charge in [-0.1, -0.05) is 17.7 Å². The summed E-state index contributed by atoms with van der Waals surface area (Å²) >= 11 is 0. The van der Waals surface area contributed by atoms with Crippen molar-refractivity contribution in [1.82, 2.24) is 9.88 Å². The number of amides is 1. The predicted octanol–water partition coefficient (Wildman–Crippen LogP) is 3.17. The Kier molecular flexibility index (Phi) is 6.08. The summed E-state index contributed by atoms with van der Waals surface area (Å²) in [6.45, 7) is 4.38. The molecule has 1 aromatic carbocycles. The normalized spacial score (nSPS) is 16.1. The number of hydrogen-bond donors (Lipinski definition) is 2. The van der Waals surface area contributed by atoms with E-state index >= 15 is 0 Å². The summed E-state index contributed by atoms with van der Waals surface area (Å²) in [5.41, 5.74) is 2.54. The summed E-state index contributed by atoms with van der Waals surface area (Å²) in [5, 5.41) is 6.31.